The Hall–Kier alpha value is -7.92. The number of likely N-dealkylation sites (tertiary alicyclic amines) is 1. The van der Waals surface area contributed by atoms with Crippen molar-refractivity contribution in [2.24, 2.45) is 16.5 Å². The van der Waals surface area contributed by atoms with E-state index >= 15 is 0 Å². The third kappa shape index (κ3) is 13.6. The first kappa shape index (κ1) is 58.3. The van der Waals surface area contributed by atoms with Gasteiger partial charge < -0.3 is 30.6 Å². The molecule has 20 nitrogen and oxygen atoms in total. The number of aromatic nitrogens is 2. The lowest BCUT2D eigenvalue weighted by atomic mass is 9.72. The average Bonchev–Trinajstić information content (AvgIpc) is 4.25. The van der Waals surface area contributed by atoms with Gasteiger partial charge >= 0.3 is 0 Å². The van der Waals surface area contributed by atoms with E-state index in [1.165, 1.54) is 52.9 Å². The van der Waals surface area contributed by atoms with Crippen LogP contribution in [0.5, 0.6) is 11.5 Å². The lowest BCUT2D eigenvalue weighted by Crippen LogP contribution is -2.54. The highest BCUT2D eigenvalue weighted by Gasteiger charge is 2.45. The van der Waals surface area contributed by atoms with Crippen LogP contribution >= 0.6 is 23.4 Å². The third-order valence-electron chi connectivity index (χ3n) is 15.5. The van der Waals surface area contributed by atoms with E-state index in [1.807, 2.05) is 18.2 Å². The second-order valence-electron chi connectivity index (χ2n) is 21.9. The third-order valence-corrected chi connectivity index (χ3v) is 18.2. The number of piperidine rings is 2. The number of sulfonamides is 1. The fraction of sp³-hybridized carbons (Fsp3) is 0.350. The molecular formula is C60H63ClN10O10S2. The highest BCUT2D eigenvalue weighted by molar-refractivity contribution is 7.99. The number of anilines is 2. The van der Waals surface area contributed by atoms with Gasteiger partial charge in [-0.1, -0.05) is 49.2 Å². The maximum Gasteiger partial charge on any atom is 0.268 e. The molecule has 6 aromatic rings. The molecule has 432 valence electrons. The van der Waals surface area contributed by atoms with Gasteiger partial charge in [0.1, 0.15) is 28.9 Å². The first-order valence-corrected chi connectivity index (χ1v) is 30.5. The zero-order valence-corrected chi connectivity index (χ0v) is 48.2. The van der Waals surface area contributed by atoms with Crippen molar-refractivity contribution in [1.29, 1.82) is 0 Å². The topological polar surface area (TPSA) is 271 Å². The zero-order chi connectivity index (χ0) is 58.4. The molecule has 2 unspecified atom stereocenters. The number of H-pyrrole nitrogens is 1. The van der Waals surface area contributed by atoms with Gasteiger partial charge in [-0.25, -0.2) is 18.1 Å². The van der Waals surface area contributed by atoms with Crippen LogP contribution in [0.3, 0.4) is 0 Å². The number of carbonyl (C=O) groups excluding carboxylic acids is 6. The number of aromatic amines is 1. The Balaban J connectivity index is 0.728. The normalized spacial score (nSPS) is 18.0. The Morgan fingerprint density at radius 1 is 0.940 bits per heavy atom. The van der Waals surface area contributed by atoms with Crippen LogP contribution in [0, 0.1) is 16.2 Å². The lowest BCUT2D eigenvalue weighted by molar-refractivity contribution is -0.136. The van der Waals surface area contributed by atoms with Crippen molar-refractivity contribution in [1.82, 2.24) is 35.1 Å². The van der Waals surface area contributed by atoms with Gasteiger partial charge in [0.15, 0.2) is 0 Å². The van der Waals surface area contributed by atoms with Crippen LogP contribution in [-0.4, -0.2) is 115 Å². The van der Waals surface area contributed by atoms with Crippen LogP contribution in [-0.2, 0) is 24.4 Å². The summed E-state index contributed by atoms with van der Waals surface area (Å²) in [5.41, 5.74) is 5.76. The molecule has 2 atom stereocenters. The number of nitrogens with zero attached hydrogens (tertiary/aromatic N) is 4. The predicted molar refractivity (Wildman–Crippen MR) is 317 cm³/mol. The first-order valence-electron chi connectivity index (χ1n) is 27.6. The number of thioether (sulfide) groups is 1. The number of carbonyl (C=O) groups is 6. The molecule has 5 heterocycles. The number of nitrogens with one attached hydrogen (secondary N) is 6. The summed E-state index contributed by atoms with van der Waals surface area (Å²) < 4.78 is 36.1. The number of benzene rings is 4. The van der Waals surface area contributed by atoms with Crippen LogP contribution < -0.4 is 30.7 Å². The van der Waals surface area contributed by atoms with Crippen LogP contribution in [0.25, 0.3) is 16.6 Å². The molecule has 1 aliphatic carbocycles. The molecule has 2 aromatic heterocycles. The average molecular weight is 1180 g/mol. The highest BCUT2D eigenvalue weighted by atomic mass is 35.5. The summed E-state index contributed by atoms with van der Waals surface area (Å²) in [6.07, 6.45) is 8.62. The van der Waals surface area contributed by atoms with E-state index in [1.54, 1.807) is 47.5 Å². The van der Waals surface area contributed by atoms with Gasteiger partial charge in [-0.3, -0.25) is 39.0 Å². The summed E-state index contributed by atoms with van der Waals surface area (Å²) in [6.45, 7) is 7.83. The van der Waals surface area contributed by atoms with Gasteiger partial charge in [-0.05, 0) is 145 Å². The lowest BCUT2D eigenvalue weighted by Gasteiger charge is -2.34. The van der Waals surface area contributed by atoms with Crippen molar-refractivity contribution < 1.29 is 41.9 Å². The smallest absolute Gasteiger partial charge is 0.268 e. The molecule has 4 aliphatic rings. The monoisotopic (exact) mass is 1180 g/mol. The van der Waals surface area contributed by atoms with E-state index in [-0.39, 0.29) is 75.2 Å². The van der Waals surface area contributed by atoms with Gasteiger partial charge in [0.25, 0.3) is 27.7 Å². The van der Waals surface area contributed by atoms with Crippen LogP contribution in [0.4, 0.5) is 17.1 Å². The molecule has 2 saturated heterocycles. The molecule has 6 amide bonds. The van der Waals surface area contributed by atoms with Crippen molar-refractivity contribution in [3.05, 3.63) is 141 Å². The quantitative estimate of drug-likeness (QED) is 0.0160. The highest BCUT2D eigenvalue weighted by Crippen LogP contribution is 2.43. The van der Waals surface area contributed by atoms with Gasteiger partial charge in [-0.15, -0.1) is 16.7 Å². The molecular weight excluding hydrogens is 1120 g/mol. The SMILES string of the molecule is CC1(C)CCC(CNCCNc2ccc(C(=O)NS(=O)(=O)c3ccc(NCC4CCCN(C(=O)CCCSc5cccc6c5C(=O)N(C5CCC(=O)NC5=O)C6=O)C4)c(N=O)c3)c(Oc3cnc4[nH]ccc4c3)c2)=C(c2ccc(Cl)cc2)C1. The molecule has 2 fully saturated rings. The van der Waals surface area contributed by atoms with Crippen molar-refractivity contribution in [2.75, 3.05) is 55.7 Å². The number of amides is 6. The van der Waals surface area contributed by atoms with Crippen molar-refractivity contribution in [3.63, 3.8) is 0 Å². The molecule has 0 spiro atoms. The Morgan fingerprint density at radius 2 is 1.77 bits per heavy atom. The number of fused-ring (bicyclic) bond motifs is 2. The summed E-state index contributed by atoms with van der Waals surface area (Å²) in [7, 11) is -4.56. The molecule has 83 heavy (non-hydrogen) atoms. The number of allylic oxidation sites excluding steroid dienone is 1. The Kier molecular flexibility index (Phi) is 17.8. The fourth-order valence-corrected chi connectivity index (χ4v) is 13.2. The molecule has 23 heteroatoms. The number of halogens is 1. The first-order chi connectivity index (χ1) is 39.9. The Labute approximate surface area is 489 Å². The van der Waals surface area contributed by atoms with Crippen molar-refractivity contribution in [2.45, 2.75) is 87.5 Å². The van der Waals surface area contributed by atoms with Gasteiger partial charge in [0.05, 0.1) is 33.5 Å². The molecule has 0 saturated carbocycles. The van der Waals surface area contributed by atoms with Gasteiger partial charge in [-0.2, -0.15) is 0 Å². The van der Waals surface area contributed by atoms with Crippen molar-refractivity contribution in [3.8, 4) is 11.5 Å². The minimum absolute atomic E-state index is 0.00519. The minimum Gasteiger partial charge on any atom is -0.455 e. The maximum atomic E-state index is 14.0. The number of ether oxygens (including phenoxy) is 1. The Bertz CT molecular complexity index is 3680. The number of hydrogen-bond acceptors (Lipinski definition) is 16. The van der Waals surface area contributed by atoms with Crippen molar-refractivity contribution >= 4 is 102 Å². The summed E-state index contributed by atoms with van der Waals surface area (Å²) in [4.78, 5) is 101. The van der Waals surface area contributed by atoms with E-state index in [9.17, 15) is 42.1 Å². The summed E-state index contributed by atoms with van der Waals surface area (Å²) in [6, 6.07) is 24.0. The zero-order valence-electron chi connectivity index (χ0n) is 45.8. The van der Waals surface area contributed by atoms with E-state index in [0.29, 0.717) is 71.9 Å². The van der Waals surface area contributed by atoms with Crippen LogP contribution in [0.15, 0.2) is 124 Å². The molecule has 3 aliphatic heterocycles. The molecule has 6 N–H and O–H groups in total. The van der Waals surface area contributed by atoms with Gasteiger partial charge in [0.2, 0.25) is 17.7 Å². The second-order valence-corrected chi connectivity index (χ2v) is 25.2. The fourth-order valence-electron chi connectivity index (χ4n) is 11.0. The Morgan fingerprint density at radius 3 is 2.58 bits per heavy atom. The molecule has 0 radical (unpaired) electrons. The maximum absolute atomic E-state index is 14.0. The van der Waals surface area contributed by atoms with E-state index in [4.69, 9.17) is 16.3 Å². The summed E-state index contributed by atoms with van der Waals surface area (Å²) in [5, 5.41) is 17.0. The van der Waals surface area contributed by atoms with E-state index in [0.717, 1.165) is 55.0 Å². The largest absolute Gasteiger partial charge is 0.455 e. The van der Waals surface area contributed by atoms with Gasteiger partial charge in [0, 0.05) is 85.4 Å². The second kappa shape index (κ2) is 25.3. The summed E-state index contributed by atoms with van der Waals surface area (Å²) >= 11 is 7.56. The number of hydrogen-bond donors (Lipinski definition) is 6. The number of rotatable bonds is 22. The van der Waals surface area contributed by atoms with E-state index in [2.05, 4.69) is 67.1 Å². The molecule has 4 aromatic carbocycles. The standard InChI is InChI=1S/C60H63ClN10O10S2/c1-60(2)22-20-39(46(31-60)37-10-12-40(61)13-11-37)33-62-24-25-63-41-14-16-44(50(29-41)81-42-28-38-21-23-64-55(38)66-34-42)56(74)69-83(79,80)43-15-17-47(48(30-43)68-78)65-32-36-6-4-26-70(35-36)53(73)9-5-27-82-51-8-3-7-45-54(51)59(77)71(58(45)76)49-18-19-52(72)67-57(49)75/h3,7-8,10-17,21,23,28-30,34,36,49,62-63,65H,4-6,9,18-20,22,24-27,31-33,35H2,1-2H3,(H,64,66)(H,69,74)(H,67,72,75). The number of imide groups is 2. The predicted octanol–water partition coefficient (Wildman–Crippen LogP) is 9.81. The number of pyridine rings is 1. The molecule has 0 bridgehead atoms. The number of nitroso groups, excluding NO2 is 1. The summed E-state index contributed by atoms with van der Waals surface area (Å²) in [5.74, 6) is -2.46. The van der Waals surface area contributed by atoms with Crippen LogP contribution in [0.2, 0.25) is 5.02 Å². The van der Waals surface area contributed by atoms with Crippen LogP contribution in [0.1, 0.15) is 108 Å². The molecule has 10 rings (SSSR count). The minimum atomic E-state index is -4.56. The van der Waals surface area contributed by atoms with E-state index < -0.39 is 45.6 Å².